The molecule has 0 bridgehead atoms. The van der Waals surface area contributed by atoms with Crippen molar-refractivity contribution in [1.82, 2.24) is 10.0 Å². The lowest BCUT2D eigenvalue weighted by molar-refractivity contribution is -0.120. The Balaban J connectivity index is 1.80. The first-order valence-corrected chi connectivity index (χ1v) is 7.89. The Hall–Kier alpha value is -1.34. The zero-order valence-electron chi connectivity index (χ0n) is 10.6. The van der Waals surface area contributed by atoms with Crippen LogP contribution < -0.4 is 10.0 Å². The van der Waals surface area contributed by atoms with Gasteiger partial charge in [-0.1, -0.05) is 19.3 Å². The average Bonchev–Trinajstić information content (AvgIpc) is 2.92. The second-order valence-electron chi connectivity index (χ2n) is 4.66. The van der Waals surface area contributed by atoms with Gasteiger partial charge in [-0.05, 0) is 25.0 Å². The Bertz CT molecular complexity index is 504. The van der Waals surface area contributed by atoms with Crippen molar-refractivity contribution in [2.45, 2.75) is 43.2 Å². The molecule has 1 aliphatic rings. The highest BCUT2D eigenvalue weighted by Crippen LogP contribution is 2.17. The molecule has 1 aliphatic carbocycles. The van der Waals surface area contributed by atoms with Gasteiger partial charge in [-0.2, -0.15) is 4.72 Å². The molecule has 1 aromatic rings. The van der Waals surface area contributed by atoms with E-state index in [-0.39, 0.29) is 23.6 Å². The van der Waals surface area contributed by atoms with Crippen molar-refractivity contribution >= 4 is 15.9 Å². The molecular weight excluding hydrogens is 268 g/mol. The Morgan fingerprint density at radius 2 is 2.05 bits per heavy atom. The summed E-state index contributed by atoms with van der Waals surface area (Å²) < 4.78 is 30.4. The van der Waals surface area contributed by atoms with Crippen molar-refractivity contribution in [3.05, 3.63) is 18.4 Å². The number of hydrogen-bond acceptors (Lipinski definition) is 4. The molecule has 0 atom stereocenters. The number of carbonyl (C=O) groups excluding carboxylic acids is 1. The van der Waals surface area contributed by atoms with Crippen LogP contribution in [0.2, 0.25) is 0 Å². The predicted octanol–water partition coefficient (Wildman–Crippen LogP) is 1.01. The highest BCUT2D eigenvalue weighted by Gasteiger charge is 2.20. The van der Waals surface area contributed by atoms with Crippen LogP contribution in [0.4, 0.5) is 0 Å². The molecule has 1 aromatic heterocycles. The van der Waals surface area contributed by atoms with E-state index in [0.717, 1.165) is 25.7 Å². The number of nitrogens with one attached hydrogen (secondary N) is 2. The number of amides is 1. The van der Waals surface area contributed by atoms with Gasteiger partial charge in [0.2, 0.25) is 11.0 Å². The van der Waals surface area contributed by atoms with E-state index in [1.807, 2.05) is 0 Å². The van der Waals surface area contributed by atoms with E-state index in [2.05, 4.69) is 10.0 Å². The van der Waals surface area contributed by atoms with Crippen molar-refractivity contribution in [3.63, 3.8) is 0 Å². The molecule has 6 nitrogen and oxygen atoms in total. The lowest BCUT2D eigenvalue weighted by Crippen LogP contribution is -2.42. The summed E-state index contributed by atoms with van der Waals surface area (Å²) in [4.78, 5) is 11.7. The van der Waals surface area contributed by atoms with Gasteiger partial charge in [0.15, 0.2) is 0 Å². The van der Waals surface area contributed by atoms with E-state index >= 15 is 0 Å². The van der Waals surface area contributed by atoms with Crippen LogP contribution in [0.15, 0.2) is 27.9 Å². The zero-order valence-corrected chi connectivity index (χ0v) is 11.4. The molecule has 106 valence electrons. The lowest BCUT2D eigenvalue weighted by Gasteiger charge is -2.22. The van der Waals surface area contributed by atoms with Crippen molar-refractivity contribution < 1.29 is 17.6 Å². The maximum atomic E-state index is 11.7. The summed E-state index contributed by atoms with van der Waals surface area (Å²) in [6.45, 7) is -0.264. The highest BCUT2D eigenvalue weighted by atomic mass is 32.2. The maximum Gasteiger partial charge on any atom is 0.274 e. The molecule has 19 heavy (non-hydrogen) atoms. The second-order valence-corrected chi connectivity index (χ2v) is 6.36. The molecule has 2 N–H and O–H groups in total. The van der Waals surface area contributed by atoms with Gasteiger partial charge in [0.05, 0.1) is 12.8 Å². The fourth-order valence-corrected chi connectivity index (χ4v) is 3.08. The van der Waals surface area contributed by atoms with Crippen molar-refractivity contribution in [2.24, 2.45) is 0 Å². The minimum Gasteiger partial charge on any atom is -0.452 e. The van der Waals surface area contributed by atoms with E-state index in [1.54, 1.807) is 0 Å². The van der Waals surface area contributed by atoms with Crippen molar-refractivity contribution in [2.75, 3.05) is 6.54 Å². The maximum absolute atomic E-state index is 11.7. The Morgan fingerprint density at radius 1 is 1.32 bits per heavy atom. The molecule has 1 saturated carbocycles. The molecule has 0 radical (unpaired) electrons. The predicted molar refractivity (Wildman–Crippen MR) is 68.9 cm³/mol. The van der Waals surface area contributed by atoms with Crippen LogP contribution in [-0.4, -0.2) is 26.9 Å². The third-order valence-electron chi connectivity index (χ3n) is 3.15. The first kappa shape index (κ1) is 14.1. The molecule has 0 aliphatic heterocycles. The number of sulfonamides is 1. The third-order valence-corrected chi connectivity index (χ3v) is 4.44. The van der Waals surface area contributed by atoms with Gasteiger partial charge in [-0.15, -0.1) is 0 Å². The molecular formula is C12H18N2O4S. The van der Waals surface area contributed by atoms with Crippen LogP contribution in [0.1, 0.15) is 32.1 Å². The normalized spacial score (nSPS) is 17.3. The van der Waals surface area contributed by atoms with Crippen LogP contribution in [0.5, 0.6) is 0 Å². The molecule has 1 heterocycles. The smallest absolute Gasteiger partial charge is 0.274 e. The third kappa shape index (κ3) is 4.07. The zero-order chi connectivity index (χ0) is 13.7. The summed E-state index contributed by atoms with van der Waals surface area (Å²) in [6, 6.07) is 2.99. The van der Waals surface area contributed by atoms with E-state index in [1.165, 1.54) is 24.8 Å². The molecule has 1 fully saturated rings. The molecule has 0 saturated heterocycles. The van der Waals surface area contributed by atoms with E-state index in [0.29, 0.717) is 0 Å². The summed E-state index contributed by atoms with van der Waals surface area (Å²) in [5.74, 6) is -0.304. The van der Waals surface area contributed by atoms with E-state index < -0.39 is 10.0 Å². The standard InChI is InChI=1S/C12H18N2O4S/c15-11(14-10-5-2-1-3-6-10)9-13-19(16,17)12-7-4-8-18-12/h4,7-8,10,13H,1-3,5-6,9H2,(H,14,15). The van der Waals surface area contributed by atoms with Crippen LogP contribution in [0.25, 0.3) is 0 Å². The Morgan fingerprint density at radius 3 is 2.68 bits per heavy atom. The van der Waals surface area contributed by atoms with Crippen molar-refractivity contribution in [1.29, 1.82) is 0 Å². The first-order chi connectivity index (χ1) is 9.08. The average molecular weight is 286 g/mol. The van der Waals surface area contributed by atoms with Crippen LogP contribution in [0, 0.1) is 0 Å². The molecule has 2 rings (SSSR count). The molecule has 0 aromatic carbocycles. The number of carbonyl (C=O) groups is 1. The summed E-state index contributed by atoms with van der Waals surface area (Å²) in [5, 5.41) is 2.66. The first-order valence-electron chi connectivity index (χ1n) is 6.40. The van der Waals surface area contributed by atoms with Gasteiger partial charge in [-0.25, -0.2) is 8.42 Å². The largest absolute Gasteiger partial charge is 0.452 e. The van der Waals surface area contributed by atoms with Gasteiger partial charge in [-0.3, -0.25) is 4.79 Å². The van der Waals surface area contributed by atoms with Gasteiger partial charge in [0.1, 0.15) is 0 Å². The Kier molecular flexibility index (Phi) is 4.60. The van der Waals surface area contributed by atoms with E-state index in [4.69, 9.17) is 4.42 Å². The summed E-state index contributed by atoms with van der Waals surface area (Å²) in [6.07, 6.45) is 6.65. The summed E-state index contributed by atoms with van der Waals surface area (Å²) >= 11 is 0. The molecule has 1 amide bonds. The topological polar surface area (TPSA) is 88.4 Å². The monoisotopic (exact) mass is 286 g/mol. The van der Waals surface area contributed by atoms with Crippen molar-refractivity contribution in [3.8, 4) is 0 Å². The highest BCUT2D eigenvalue weighted by molar-refractivity contribution is 7.89. The van der Waals surface area contributed by atoms with Crippen LogP contribution in [-0.2, 0) is 14.8 Å². The van der Waals surface area contributed by atoms with Crippen LogP contribution >= 0.6 is 0 Å². The molecule has 0 unspecified atom stereocenters. The fraction of sp³-hybridized carbons (Fsp3) is 0.583. The fourth-order valence-electron chi connectivity index (χ4n) is 2.17. The lowest BCUT2D eigenvalue weighted by atomic mass is 9.95. The van der Waals surface area contributed by atoms with E-state index in [9.17, 15) is 13.2 Å². The number of hydrogen-bond donors (Lipinski definition) is 2. The van der Waals surface area contributed by atoms with Gasteiger partial charge in [0, 0.05) is 6.04 Å². The summed E-state index contributed by atoms with van der Waals surface area (Å²) in [7, 11) is -3.73. The van der Waals surface area contributed by atoms with Gasteiger partial charge in [0.25, 0.3) is 10.0 Å². The summed E-state index contributed by atoms with van der Waals surface area (Å²) in [5.41, 5.74) is 0. The quantitative estimate of drug-likeness (QED) is 0.845. The molecule has 0 spiro atoms. The number of furan rings is 1. The SMILES string of the molecule is O=C(CNS(=O)(=O)c1ccco1)NC1CCCCC1. The van der Waals surface area contributed by atoms with Gasteiger partial charge >= 0.3 is 0 Å². The number of rotatable bonds is 5. The van der Waals surface area contributed by atoms with Crippen LogP contribution in [0.3, 0.4) is 0 Å². The second kappa shape index (κ2) is 6.21. The minimum absolute atomic E-state index is 0.175. The minimum atomic E-state index is -3.73. The van der Waals surface area contributed by atoms with Gasteiger partial charge < -0.3 is 9.73 Å². The Labute approximate surface area is 112 Å². The molecule has 7 heteroatoms.